The summed E-state index contributed by atoms with van der Waals surface area (Å²) in [7, 11) is 0. The number of phenols is 1. The molecule has 0 atom stereocenters. The lowest BCUT2D eigenvalue weighted by Gasteiger charge is -1.97. The highest BCUT2D eigenvalue weighted by atomic mass is 16.3. The number of fused-ring (bicyclic) bond motifs is 1. The summed E-state index contributed by atoms with van der Waals surface area (Å²) in [5, 5.41) is 23.0. The SMILES string of the molecule is N#Cc1cccc2nc(-c3ccccc3O)nn12. The van der Waals surface area contributed by atoms with Crippen LogP contribution in [0, 0.1) is 11.3 Å². The van der Waals surface area contributed by atoms with Gasteiger partial charge >= 0.3 is 0 Å². The lowest BCUT2D eigenvalue weighted by molar-refractivity contribution is 0.477. The van der Waals surface area contributed by atoms with E-state index in [-0.39, 0.29) is 5.75 Å². The minimum Gasteiger partial charge on any atom is -0.507 e. The Kier molecular flexibility index (Phi) is 2.21. The molecular formula is C13H8N4O. The van der Waals surface area contributed by atoms with Crippen LogP contribution in [-0.4, -0.2) is 19.7 Å². The van der Waals surface area contributed by atoms with Crippen molar-refractivity contribution in [3.05, 3.63) is 48.2 Å². The average molecular weight is 236 g/mol. The number of hydrogen-bond acceptors (Lipinski definition) is 4. The molecule has 0 bridgehead atoms. The minimum atomic E-state index is 0.118. The summed E-state index contributed by atoms with van der Waals surface area (Å²) in [6, 6.07) is 14.1. The van der Waals surface area contributed by atoms with Gasteiger partial charge in [0.05, 0.1) is 5.56 Å². The third-order valence-electron chi connectivity index (χ3n) is 2.62. The van der Waals surface area contributed by atoms with Gasteiger partial charge in [0.1, 0.15) is 17.5 Å². The summed E-state index contributed by atoms with van der Waals surface area (Å²) < 4.78 is 1.46. The molecule has 18 heavy (non-hydrogen) atoms. The molecular weight excluding hydrogens is 228 g/mol. The third kappa shape index (κ3) is 1.48. The van der Waals surface area contributed by atoms with Crippen LogP contribution in [0.3, 0.4) is 0 Å². The van der Waals surface area contributed by atoms with Crippen molar-refractivity contribution in [2.45, 2.75) is 0 Å². The highest BCUT2D eigenvalue weighted by molar-refractivity contribution is 5.65. The largest absolute Gasteiger partial charge is 0.507 e. The van der Waals surface area contributed by atoms with Gasteiger partial charge in [0, 0.05) is 0 Å². The molecule has 3 aromatic rings. The number of rotatable bonds is 1. The molecule has 0 saturated heterocycles. The Morgan fingerprint density at radius 3 is 2.72 bits per heavy atom. The van der Waals surface area contributed by atoms with Gasteiger partial charge in [-0.15, -0.1) is 5.10 Å². The fourth-order valence-electron chi connectivity index (χ4n) is 1.77. The van der Waals surface area contributed by atoms with Crippen LogP contribution in [0.25, 0.3) is 17.0 Å². The highest BCUT2D eigenvalue weighted by Gasteiger charge is 2.11. The van der Waals surface area contributed by atoms with Crippen molar-refractivity contribution in [1.82, 2.24) is 14.6 Å². The predicted octanol–water partition coefficient (Wildman–Crippen LogP) is 1.97. The van der Waals surface area contributed by atoms with Crippen molar-refractivity contribution in [3.63, 3.8) is 0 Å². The standard InChI is InChI=1S/C13H8N4O/c14-8-9-4-3-7-12-15-13(16-17(9)12)10-5-1-2-6-11(10)18/h1-7,18H. The highest BCUT2D eigenvalue weighted by Crippen LogP contribution is 2.26. The van der Waals surface area contributed by atoms with Crippen LogP contribution in [0.15, 0.2) is 42.5 Å². The molecule has 0 aliphatic carbocycles. The van der Waals surface area contributed by atoms with Gasteiger partial charge < -0.3 is 5.11 Å². The van der Waals surface area contributed by atoms with Crippen molar-refractivity contribution in [3.8, 4) is 23.2 Å². The molecule has 0 spiro atoms. The Balaban J connectivity index is 2.27. The smallest absolute Gasteiger partial charge is 0.185 e. The van der Waals surface area contributed by atoms with Gasteiger partial charge in [-0.05, 0) is 24.3 Å². The quantitative estimate of drug-likeness (QED) is 0.701. The first-order valence-electron chi connectivity index (χ1n) is 5.34. The van der Waals surface area contributed by atoms with E-state index < -0.39 is 0 Å². The molecule has 0 amide bonds. The van der Waals surface area contributed by atoms with Crippen LogP contribution in [0.4, 0.5) is 0 Å². The topological polar surface area (TPSA) is 74.2 Å². The molecule has 1 aromatic carbocycles. The Morgan fingerprint density at radius 1 is 1.11 bits per heavy atom. The van der Waals surface area contributed by atoms with E-state index in [9.17, 15) is 5.11 Å². The zero-order valence-corrected chi connectivity index (χ0v) is 9.28. The molecule has 2 heterocycles. The van der Waals surface area contributed by atoms with Crippen molar-refractivity contribution in [2.75, 3.05) is 0 Å². The van der Waals surface area contributed by atoms with Gasteiger partial charge in [-0.2, -0.15) is 5.26 Å². The molecule has 1 N–H and O–H groups in total. The van der Waals surface area contributed by atoms with Crippen molar-refractivity contribution in [1.29, 1.82) is 5.26 Å². The molecule has 5 heteroatoms. The number of hydrogen-bond donors (Lipinski definition) is 1. The molecule has 0 saturated carbocycles. The number of pyridine rings is 1. The first-order chi connectivity index (χ1) is 8.79. The second-order valence-electron chi connectivity index (χ2n) is 3.75. The van der Waals surface area contributed by atoms with E-state index in [1.54, 1.807) is 42.5 Å². The fraction of sp³-hybridized carbons (Fsp3) is 0. The van der Waals surface area contributed by atoms with Gasteiger partial charge in [-0.1, -0.05) is 18.2 Å². The van der Waals surface area contributed by atoms with Crippen molar-refractivity contribution >= 4 is 5.65 Å². The van der Waals surface area contributed by atoms with Crippen LogP contribution in [0.5, 0.6) is 5.75 Å². The molecule has 86 valence electrons. The molecule has 5 nitrogen and oxygen atoms in total. The van der Waals surface area contributed by atoms with E-state index in [1.165, 1.54) is 4.52 Å². The second-order valence-corrected chi connectivity index (χ2v) is 3.75. The Morgan fingerprint density at radius 2 is 1.94 bits per heavy atom. The summed E-state index contributed by atoms with van der Waals surface area (Å²) >= 11 is 0. The number of nitriles is 1. The zero-order chi connectivity index (χ0) is 12.5. The summed E-state index contributed by atoms with van der Waals surface area (Å²) in [6.07, 6.45) is 0. The van der Waals surface area contributed by atoms with Gasteiger partial charge in [-0.25, -0.2) is 9.50 Å². The first-order valence-corrected chi connectivity index (χ1v) is 5.34. The summed E-state index contributed by atoms with van der Waals surface area (Å²) in [5.41, 5.74) is 1.53. The molecule has 0 fully saturated rings. The van der Waals surface area contributed by atoms with Crippen molar-refractivity contribution < 1.29 is 5.11 Å². The number of phenolic OH excluding ortho intramolecular Hbond substituents is 1. The van der Waals surface area contributed by atoms with E-state index in [2.05, 4.69) is 10.1 Å². The van der Waals surface area contributed by atoms with E-state index in [0.29, 0.717) is 22.7 Å². The zero-order valence-electron chi connectivity index (χ0n) is 9.28. The van der Waals surface area contributed by atoms with Crippen molar-refractivity contribution in [2.24, 2.45) is 0 Å². The number of nitrogens with zero attached hydrogens (tertiary/aromatic N) is 4. The second kappa shape index (κ2) is 3.86. The molecule has 3 rings (SSSR count). The normalized spacial score (nSPS) is 10.4. The first kappa shape index (κ1) is 10.3. The number of benzene rings is 1. The Labute approximate surface area is 103 Å². The summed E-state index contributed by atoms with van der Waals surface area (Å²) in [6.45, 7) is 0. The van der Waals surface area contributed by atoms with Crippen LogP contribution >= 0.6 is 0 Å². The minimum absolute atomic E-state index is 0.118. The van der Waals surface area contributed by atoms with Crippen LogP contribution in [0.2, 0.25) is 0 Å². The number of aromatic hydroxyl groups is 1. The lowest BCUT2D eigenvalue weighted by Crippen LogP contribution is -1.93. The molecule has 0 aliphatic rings. The number of para-hydroxylation sites is 1. The maximum atomic E-state index is 9.76. The fourth-order valence-corrected chi connectivity index (χ4v) is 1.77. The van der Waals surface area contributed by atoms with E-state index in [1.807, 2.05) is 6.07 Å². The summed E-state index contributed by atoms with van der Waals surface area (Å²) in [5.74, 6) is 0.516. The van der Waals surface area contributed by atoms with Gasteiger partial charge in [-0.3, -0.25) is 0 Å². The molecule has 0 unspecified atom stereocenters. The van der Waals surface area contributed by atoms with Crippen LogP contribution < -0.4 is 0 Å². The lowest BCUT2D eigenvalue weighted by atomic mass is 10.2. The average Bonchev–Trinajstić information content (AvgIpc) is 2.82. The summed E-state index contributed by atoms with van der Waals surface area (Å²) in [4.78, 5) is 4.29. The maximum absolute atomic E-state index is 9.76. The van der Waals surface area contributed by atoms with E-state index in [4.69, 9.17) is 5.26 Å². The van der Waals surface area contributed by atoms with Gasteiger partial charge in [0.15, 0.2) is 11.5 Å². The molecule has 0 aliphatic heterocycles. The van der Waals surface area contributed by atoms with E-state index in [0.717, 1.165) is 0 Å². The van der Waals surface area contributed by atoms with E-state index >= 15 is 0 Å². The van der Waals surface area contributed by atoms with Crippen LogP contribution in [-0.2, 0) is 0 Å². The maximum Gasteiger partial charge on any atom is 0.185 e. The number of aromatic nitrogens is 3. The Hall–Kier alpha value is -2.87. The van der Waals surface area contributed by atoms with Gasteiger partial charge in [0.25, 0.3) is 0 Å². The van der Waals surface area contributed by atoms with Crippen LogP contribution in [0.1, 0.15) is 5.69 Å². The Bertz CT molecular complexity index is 770. The molecule has 2 aromatic heterocycles. The van der Waals surface area contributed by atoms with Gasteiger partial charge in [0.2, 0.25) is 0 Å². The molecule has 0 radical (unpaired) electrons. The predicted molar refractivity (Wildman–Crippen MR) is 64.8 cm³/mol. The monoisotopic (exact) mass is 236 g/mol. The third-order valence-corrected chi connectivity index (χ3v) is 2.62.